The lowest BCUT2D eigenvalue weighted by atomic mass is 9.90. The summed E-state index contributed by atoms with van der Waals surface area (Å²) < 4.78 is 18.9. The number of carbonyl (C=O) groups excluding carboxylic acids is 3. The number of nitrogens with zero attached hydrogens (tertiary/aromatic N) is 2. The van der Waals surface area contributed by atoms with Crippen molar-refractivity contribution in [2.75, 3.05) is 7.05 Å². The van der Waals surface area contributed by atoms with E-state index in [2.05, 4.69) is 11.4 Å². The van der Waals surface area contributed by atoms with E-state index in [4.69, 9.17) is 10.1 Å². The number of halogens is 1. The highest BCUT2D eigenvalue weighted by Gasteiger charge is 2.44. The van der Waals surface area contributed by atoms with Gasteiger partial charge in [-0.3, -0.25) is 15.0 Å². The van der Waals surface area contributed by atoms with E-state index in [1.807, 2.05) is 49.4 Å². The summed E-state index contributed by atoms with van der Waals surface area (Å²) in [6, 6.07) is 21.0. The van der Waals surface area contributed by atoms with Crippen LogP contribution in [0.3, 0.4) is 0 Å². The number of hydrogen-bond donors (Lipinski definition) is 2. The molecule has 0 spiro atoms. The first-order chi connectivity index (χ1) is 21.8. The van der Waals surface area contributed by atoms with E-state index in [0.717, 1.165) is 22.3 Å². The topological polar surface area (TPSA) is 133 Å². The minimum absolute atomic E-state index is 0.0428. The molecule has 1 fully saturated rings. The number of benzene rings is 3. The molecule has 0 aliphatic carbocycles. The summed E-state index contributed by atoms with van der Waals surface area (Å²) in [6.45, 7) is 6.97. The zero-order valence-corrected chi connectivity index (χ0v) is 27.0. The number of Topliss-reactive ketones (excluding diaryl/α,β-unsaturated/α-hetero) is 1. The molecule has 0 bridgehead atoms. The van der Waals surface area contributed by atoms with Crippen LogP contribution in [0.2, 0.25) is 0 Å². The molecule has 3 atom stereocenters. The lowest BCUT2D eigenvalue weighted by Crippen LogP contribution is -2.39. The Kier molecular flexibility index (Phi) is 10.9. The van der Waals surface area contributed by atoms with Gasteiger partial charge in [0, 0.05) is 24.7 Å². The third kappa shape index (κ3) is 8.95. The molecule has 46 heavy (non-hydrogen) atoms. The van der Waals surface area contributed by atoms with E-state index in [1.54, 1.807) is 40.0 Å². The van der Waals surface area contributed by atoms with Crippen molar-refractivity contribution in [2.24, 2.45) is 0 Å². The third-order valence-corrected chi connectivity index (χ3v) is 8.12. The van der Waals surface area contributed by atoms with Crippen molar-refractivity contribution < 1.29 is 23.5 Å². The second-order valence-corrected chi connectivity index (χ2v) is 12.9. The Labute approximate surface area is 270 Å². The maximum atomic E-state index is 13.8. The van der Waals surface area contributed by atoms with E-state index in [1.165, 1.54) is 17.0 Å². The van der Waals surface area contributed by atoms with Crippen LogP contribution in [0.25, 0.3) is 11.1 Å². The first kappa shape index (κ1) is 34.2. The number of aryl methyl sites for hydroxylation is 2. The number of esters is 1. The van der Waals surface area contributed by atoms with Crippen LogP contribution in [-0.4, -0.2) is 59.0 Å². The predicted octanol–water partition coefficient (Wildman–Crippen LogP) is 6.05. The Balaban J connectivity index is 1.44. The Morgan fingerprint density at radius 1 is 1.07 bits per heavy atom. The SMILES string of the molecule is C[C@H](CC1NC1C(=O)c1ccc(-c2ccccc2C#N)cc1CCCc1cccc(F)c1)N(C)C(=O)CC(=N)C(=O)OC(C)(C)C. The van der Waals surface area contributed by atoms with Gasteiger partial charge < -0.3 is 15.0 Å². The molecule has 3 aromatic rings. The van der Waals surface area contributed by atoms with Crippen molar-refractivity contribution in [3.8, 4) is 17.2 Å². The number of carbonyl (C=O) groups is 3. The average molecular weight is 625 g/mol. The van der Waals surface area contributed by atoms with Crippen molar-refractivity contribution in [3.63, 3.8) is 0 Å². The average Bonchev–Trinajstić information content (AvgIpc) is 3.78. The summed E-state index contributed by atoms with van der Waals surface area (Å²) in [5.41, 5.74) is 3.37. The largest absolute Gasteiger partial charge is 0.455 e. The Hall–Kier alpha value is -4.68. The molecular formula is C37H41FN4O4. The predicted molar refractivity (Wildman–Crippen MR) is 175 cm³/mol. The van der Waals surface area contributed by atoms with Gasteiger partial charge in [-0.05, 0) is 93.8 Å². The van der Waals surface area contributed by atoms with Crippen LogP contribution in [-0.2, 0) is 27.2 Å². The fourth-order valence-electron chi connectivity index (χ4n) is 5.48. The monoisotopic (exact) mass is 624 g/mol. The van der Waals surface area contributed by atoms with Gasteiger partial charge in [-0.1, -0.05) is 48.5 Å². The van der Waals surface area contributed by atoms with Crippen molar-refractivity contribution in [1.82, 2.24) is 10.2 Å². The van der Waals surface area contributed by atoms with Gasteiger partial charge in [0.15, 0.2) is 5.78 Å². The molecule has 2 N–H and O–H groups in total. The number of rotatable bonds is 13. The highest BCUT2D eigenvalue weighted by atomic mass is 19.1. The summed E-state index contributed by atoms with van der Waals surface area (Å²) >= 11 is 0. The van der Waals surface area contributed by atoms with Gasteiger partial charge in [-0.2, -0.15) is 5.26 Å². The fraction of sp³-hybridized carbons (Fsp3) is 0.378. The van der Waals surface area contributed by atoms with Crippen LogP contribution in [0.15, 0.2) is 66.7 Å². The molecule has 0 saturated carbocycles. The van der Waals surface area contributed by atoms with Gasteiger partial charge in [0.05, 0.1) is 24.1 Å². The van der Waals surface area contributed by atoms with Crippen LogP contribution in [0.1, 0.15) is 74.0 Å². The molecule has 3 aromatic carbocycles. The van der Waals surface area contributed by atoms with Crippen LogP contribution >= 0.6 is 0 Å². The van der Waals surface area contributed by atoms with Gasteiger partial charge in [0.1, 0.15) is 17.1 Å². The van der Waals surface area contributed by atoms with Crippen LogP contribution in [0.5, 0.6) is 0 Å². The van der Waals surface area contributed by atoms with Crippen molar-refractivity contribution in [2.45, 2.75) is 83.5 Å². The van der Waals surface area contributed by atoms with Gasteiger partial charge in [0.25, 0.3) is 0 Å². The van der Waals surface area contributed by atoms with Crippen LogP contribution < -0.4 is 5.32 Å². The van der Waals surface area contributed by atoms with Crippen molar-refractivity contribution in [3.05, 3.63) is 94.8 Å². The minimum atomic E-state index is -0.815. The summed E-state index contributed by atoms with van der Waals surface area (Å²) in [5.74, 6) is -1.51. The first-order valence-corrected chi connectivity index (χ1v) is 15.5. The van der Waals surface area contributed by atoms with Crippen molar-refractivity contribution in [1.29, 1.82) is 10.7 Å². The smallest absolute Gasteiger partial charge is 0.352 e. The molecule has 1 aliphatic heterocycles. The van der Waals surface area contributed by atoms with E-state index in [9.17, 15) is 24.0 Å². The first-order valence-electron chi connectivity index (χ1n) is 15.5. The Morgan fingerprint density at radius 3 is 2.50 bits per heavy atom. The number of nitriles is 1. The summed E-state index contributed by atoms with van der Waals surface area (Å²) in [7, 11) is 1.63. The lowest BCUT2D eigenvalue weighted by molar-refractivity contribution is -0.147. The number of nitrogens with one attached hydrogen (secondary N) is 2. The third-order valence-electron chi connectivity index (χ3n) is 8.12. The molecular weight excluding hydrogens is 583 g/mol. The molecule has 0 radical (unpaired) electrons. The summed E-state index contributed by atoms with van der Waals surface area (Å²) in [6.07, 6.45) is 2.10. The number of amides is 1. The molecule has 9 heteroatoms. The fourth-order valence-corrected chi connectivity index (χ4v) is 5.48. The van der Waals surface area contributed by atoms with Crippen LogP contribution in [0, 0.1) is 22.6 Å². The van der Waals surface area contributed by atoms with E-state index in [-0.39, 0.29) is 36.0 Å². The van der Waals surface area contributed by atoms with Crippen molar-refractivity contribution >= 4 is 23.4 Å². The Morgan fingerprint density at radius 2 is 1.80 bits per heavy atom. The van der Waals surface area contributed by atoms with Crippen LogP contribution in [0.4, 0.5) is 4.39 Å². The van der Waals surface area contributed by atoms with E-state index < -0.39 is 23.3 Å². The standard InChI is InChI=1S/C37H41FN4O4/c1-23(42(5)33(43)21-31(40)36(45)46-37(2,3)4)18-32-34(41-32)35(44)30-17-16-26(29-15-7-6-12-27(29)22-39)20-25(30)13-8-10-24-11-9-14-28(38)19-24/h6-7,9,11-12,14-17,19-20,23,32,34,40-41H,8,10,13,18,21H2,1-5H3/t23-,32?,34?/m1/s1. The minimum Gasteiger partial charge on any atom is -0.455 e. The second-order valence-electron chi connectivity index (χ2n) is 12.9. The van der Waals surface area contributed by atoms with Gasteiger partial charge in [0.2, 0.25) is 5.91 Å². The summed E-state index contributed by atoms with van der Waals surface area (Å²) in [4.78, 5) is 40.2. The molecule has 1 saturated heterocycles. The normalized spacial score (nSPS) is 16.2. The lowest BCUT2D eigenvalue weighted by Gasteiger charge is -2.25. The highest BCUT2D eigenvalue weighted by molar-refractivity contribution is 6.38. The maximum Gasteiger partial charge on any atom is 0.352 e. The number of hydrogen-bond acceptors (Lipinski definition) is 7. The summed E-state index contributed by atoms with van der Waals surface area (Å²) in [5, 5.41) is 20.9. The molecule has 8 nitrogen and oxygen atoms in total. The molecule has 1 amide bonds. The maximum absolute atomic E-state index is 13.8. The molecule has 0 aromatic heterocycles. The number of ketones is 1. The van der Waals surface area contributed by atoms with E-state index >= 15 is 0 Å². The van der Waals surface area contributed by atoms with E-state index in [0.29, 0.717) is 36.8 Å². The quantitative estimate of drug-likeness (QED) is 0.103. The van der Waals surface area contributed by atoms with Gasteiger partial charge in [-0.15, -0.1) is 0 Å². The molecule has 240 valence electrons. The molecule has 1 aliphatic rings. The second kappa shape index (κ2) is 14.6. The molecule has 4 rings (SSSR count). The molecule has 1 heterocycles. The van der Waals surface area contributed by atoms with Gasteiger partial charge >= 0.3 is 5.97 Å². The molecule has 2 unspecified atom stereocenters. The zero-order valence-electron chi connectivity index (χ0n) is 27.0. The van der Waals surface area contributed by atoms with Gasteiger partial charge in [-0.25, -0.2) is 9.18 Å². The zero-order chi connectivity index (χ0) is 33.6. The Bertz CT molecular complexity index is 1670. The number of ether oxygens (including phenoxy) is 1. The highest BCUT2D eigenvalue weighted by Crippen LogP contribution is 2.30.